The smallest absolute Gasteiger partial charge is 0.414 e. The maximum Gasteiger partial charge on any atom is 0.414 e. The third-order valence-corrected chi connectivity index (χ3v) is 5.16. The molecule has 3 rings (SSSR count). The monoisotopic (exact) mass is 394 g/mol. The lowest BCUT2D eigenvalue weighted by atomic mass is 10.0. The van der Waals surface area contributed by atoms with Crippen molar-refractivity contribution < 1.29 is 29.0 Å². The van der Waals surface area contributed by atoms with Crippen LogP contribution in [0.2, 0.25) is 0 Å². The lowest BCUT2D eigenvalue weighted by Gasteiger charge is -2.38. The van der Waals surface area contributed by atoms with Crippen LogP contribution in [-0.4, -0.2) is 70.1 Å². The maximum absolute atomic E-state index is 13.3. The average Bonchev–Trinajstić information content (AvgIpc) is 2.97. The van der Waals surface area contributed by atoms with E-state index < -0.39 is 11.9 Å². The molecule has 154 valence electrons. The minimum atomic E-state index is -1.82. The molecular weight excluding hydrogens is 367 g/mol. The number of carbonyl (C=O) groups excluding carboxylic acids is 1. The minimum absolute atomic E-state index is 0.0335. The third kappa shape index (κ3) is 6.60. The van der Waals surface area contributed by atoms with Gasteiger partial charge in [-0.05, 0) is 57.0 Å². The Kier molecular flexibility index (Phi) is 8.38. The first-order valence-electron chi connectivity index (χ1n) is 9.63. The lowest BCUT2D eigenvalue weighted by molar-refractivity contribution is -0.159. The van der Waals surface area contributed by atoms with Gasteiger partial charge in [0.25, 0.3) is 5.91 Å². The van der Waals surface area contributed by atoms with Crippen molar-refractivity contribution >= 4 is 17.8 Å². The van der Waals surface area contributed by atoms with Gasteiger partial charge in [0, 0.05) is 24.7 Å². The number of hydrogen-bond acceptors (Lipinski definition) is 4. The molecule has 1 aromatic carbocycles. The number of carboxylic acid groups (broad SMARTS) is 2. The van der Waals surface area contributed by atoms with Gasteiger partial charge in [-0.25, -0.2) is 14.0 Å². The topological polar surface area (TPSA) is 98.1 Å². The number of likely N-dealkylation sites (tertiary alicyclic amines) is 2. The molecule has 0 spiro atoms. The number of carboxylic acids is 2. The second-order valence-electron chi connectivity index (χ2n) is 7.09. The van der Waals surface area contributed by atoms with Crippen molar-refractivity contribution in [2.75, 3.05) is 26.2 Å². The number of amides is 1. The Morgan fingerprint density at radius 3 is 1.96 bits per heavy atom. The molecule has 0 saturated carbocycles. The minimum Gasteiger partial charge on any atom is -0.473 e. The first-order chi connectivity index (χ1) is 13.4. The highest BCUT2D eigenvalue weighted by Gasteiger charge is 2.27. The molecule has 8 heteroatoms. The van der Waals surface area contributed by atoms with Gasteiger partial charge in [0.1, 0.15) is 5.82 Å². The second-order valence-corrected chi connectivity index (χ2v) is 7.09. The van der Waals surface area contributed by atoms with Gasteiger partial charge in [0.15, 0.2) is 0 Å². The Morgan fingerprint density at radius 1 is 0.893 bits per heavy atom. The fourth-order valence-electron chi connectivity index (χ4n) is 3.70. The average molecular weight is 394 g/mol. The van der Waals surface area contributed by atoms with E-state index in [0.29, 0.717) is 11.6 Å². The zero-order valence-corrected chi connectivity index (χ0v) is 15.8. The Bertz CT molecular complexity index is 669. The summed E-state index contributed by atoms with van der Waals surface area (Å²) in [6.07, 6.45) is 7.41. The Labute approximate surface area is 163 Å². The van der Waals surface area contributed by atoms with Gasteiger partial charge in [-0.3, -0.25) is 4.79 Å². The van der Waals surface area contributed by atoms with E-state index in [1.807, 2.05) is 4.90 Å². The quantitative estimate of drug-likeness (QED) is 0.748. The second kappa shape index (κ2) is 10.8. The molecule has 2 saturated heterocycles. The zero-order chi connectivity index (χ0) is 20.5. The van der Waals surface area contributed by atoms with Crippen LogP contribution in [-0.2, 0) is 9.59 Å². The van der Waals surface area contributed by atoms with Crippen LogP contribution in [0.5, 0.6) is 0 Å². The van der Waals surface area contributed by atoms with Gasteiger partial charge >= 0.3 is 11.9 Å². The van der Waals surface area contributed by atoms with Gasteiger partial charge in [-0.1, -0.05) is 18.9 Å². The van der Waals surface area contributed by atoms with E-state index in [1.54, 1.807) is 12.1 Å². The first kappa shape index (κ1) is 21.8. The molecule has 0 unspecified atom stereocenters. The van der Waals surface area contributed by atoms with Crippen LogP contribution in [0.25, 0.3) is 0 Å². The molecule has 7 nitrogen and oxygen atoms in total. The van der Waals surface area contributed by atoms with E-state index in [1.165, 1.54) is 50.9 Å². The normalized spacial score (nSPS) is 18.5. The maximum atomic E-state index is 13.3. The highest BCUT2D eigenvalue weighted by molar-refractivity contribution is 6.27. The molecule has 0 radical (unpaired) electrons. The van der Waals surface area contributed by atoms with E-state index in [0.717, 1.165) is 25.9 Å². The van der Waals surface area contributed by atoms with Crippen molar-refractivity contribution in [3.05, 3.63) is 35.6 Å². The molecule has 0 atom stereocenters. The highest BCUT2D eigenvalue weighted by atomic mass is 19.1. The van der Waals surface area contributed by atoms with Crippen LogP contribution in [0.15, 0.2) is 24.3 Å². The number of aliphatic carboxylic acids is 2. The summed E-state index contributed by atoms with van der Waals surface area (Å²) in [6.45, 7) is 4.00. The predicted molar refractivity (Wildman–Crippen MR) is 101 cm³/mol. The lowest BCUT2D eigenvalue weighted by Crippen LogP contribution is -2.47. The van der Waals surface area contributed by atoms with Crippen molar-refractivity contribution in [3.8, 4) is 0 Å². The highest BCUT2D eigenvalue weighted by Crippen LogP contribution is 2.21. The molecule has 0 aromatic heterocycles. The van der Waals surface area contributed by atoms with Crippen molar-refractivity contribution in [3.63, 3.8) is 0 Å². The van der Waals surface area contributed by atoms with E-state index >= 15 is 0 Å². The van der Waals surface area contributed by atoms with Crippen LogP contribution in [0.1, 0.15) is 48.9 Å². The fourth-order valence-corrected chi connectivity index (χ4v) is 3.70. The van der Waals surface area contributed by atoms with Gasteiger partial charge in [0.2, 0.25) is 0 Å². The number of nitrogens with zero attached hydrogens (tertiary/aromatic N) is 2. The molecule has 2 heterocycles. The van der Waals surface area contributed by atoms with E-state index in [9.17, 15) is 9.18 Å². The van der Waals surface area contributed by atoms with Crippen LogP contribution in [0, 0.1) is 5.82 Å². The zero-order valence-electron chi connectivity index (χ0n) is 15.8. The summed E-state index contributed by atoms with van der Waals surface area (Å²) in [6, 6.07) is 6.64. The van der Waals surface area contributed by atoms with Gasteiger partial charge in [0.05, 0.1) is 0 Å². The van der Waals surface area contributed by atoms with Crippen LogP contribution >= 0.6 is 0 Å². The SMILES string of the molecule is O=C(O)C(=O)O.O=C(c1cccc(F)c1)N1CCC(N2CCCCCC2)CC1. The summed E-state index contributed by atoms with van der Waals surface area (Å²) >= 11 is 0. The van der Waals surface area contributed by atoms with Crippen LogP contribution in [0.3, 0.4) is 0 Å². The number of piperidine rings is 1. The van der Waals surface area contributed by atoms with Crippen LogP contribution in [0.4, 0.5) is 4.39 Å². The fraction of sp³-hybridized carbons (Fsp3) is 0.550. The Balaban J connectivity index is 0.000000409. The number of hydrogen-bond donors (Lipinski definition) is 2. The number of halogens is 1. The third-order valence-electron chi connectivity index (χ3n) is 5.16. The van der Waals surface area contributed by atoms with Crippen molar-refractivity contribution in [2.45, 2.75) is 44.6 Å². The molecule has 2 N–H and O–H groups in total. The molecule has 2 fully saturated rings. The van der Waals surface area contributed by atoms with Gasteiger partial charge in [-0.15, -0.1) is 0 Å². The number of benzene rings is 1. The van der Waals surface area contributed by atoms with E-state index in [-0.39, 0.29) is 11.7 Å². The Hall–Kier alpha value is -2.48. The van der Waals surface area contributed by atoms with Crippen molar-refractivity contribution in [2.24, 2.45) is 0 Å². The molecule has 2 aliphatic heterocycles. The van der Waals surface area contributed by atoms with E-state index in [4.69, 9.17) is 19.8 Å². The summed E-state index contributed by atoms with van der Waals surface area (Å²) in [5.41, 5.74) is 0.466. The Morgan fingerprint density at radius 2 is 1.46 bits per heavy atom. The van der Waals surface area contributed by atoms with Gasteiger partial charge in [-0.2, -0.15) is 0 Å². The molecule has 0 aliphatic carbocycles. The summed E-state index contributed by atoms with van der Waals surface area (Å²) in [7, 11) is 0. The summed E-state index contributed by atoms with van der Waals surface area (Å²) < 4.78 is 13.3. The van der Waals surface area contributed by atoms with Crippen molar-refractivity contribution in [1.82, 2.24) is 9.80 Å². The molecular formula is C20H27FN2O5. The summed E-state index contributed by atoms with van der Waals surface area (Å²) in [5, 5.41) is 14.8. The number of carbonyl (C=O) groups is 3. The molecule has 0 bridgehead atoms. The van der Waals surface area contributed by atoms with Gasteiger partial charge < -0.3 is 20.0 Å². The van der Waals surface area contributed by atoms with Crippen LogP contribution < -0.4 is 0 Å². The standard InChI is InChI=1S/C18H25FN2O.C2H2O4/c19-16-7-5-6-15(14-16)18(22)21-12-8-17(9-13-21)20-10-3-1-2-4-11-20;3-1(4)2(5)6/h5-7,14,17H,1-4,8-13H2;(H,3,4)(H,5,6). The van der Waals surface area contributed by atoms with Crippen molar-refractivity contribution in [1.29, 1.82) is 0 Å². The van der Waals surface area contributed by atoms with E-state index in [2.05, 4.69) is 4.90 Å². The predicted octanol–water partition coefficient (Wildman–Crippen LogP) is 2.46. The summed E-state index contributed by atoms with van der Waals surface area (Å²) in [5.74, 6) is -4.02. The molecule has 2 aliphatic rings. The molecule has 1 amide bonds. The molecule has 1 aromatic rings. The summed E-state index contributed by atoms with van der Waals surface area (Å²) in [4.78, 5) is 35.1. The molecule has 28 heavy (non-hydrogen) atoms. The first-order valence-corrected chi connectivity index (χ1v) is 9.63. The number of rotatable bonds is 2. The largest absolute Gasteiger partial charge is 0.473 e.